The Kier molecular flexibility index (Phi) is 2.51. The average molecular weight is 207 g/mol. The van der Waals surface area contributed by atoms with Crippen LogP contribution in [0.1, 0.15) is 11.5 Å². The van der Waals surface area contributed by atoms with Gasteiger partial charge < -0.3 is 10.3 Å². The van der Waals surface area contributed by atoms with Crippen molar-refractivity contribution in [2.45, 2.75) is 13.3 Å². The van der Waals surface area contributed by atoms with Crippen molar-refractivity contribution >= 4 is 0 Å². The molecule has 0 amide bonds. The monoisotopic (exact) mass is 207 g/mol. The second kappa shape index (κ2) is 3.82. The quantitative estimate of drug-likeness (QED) is 0.781. The molecule has 0 aromatic carbocycles. The molecule has 0 saturated carbocycles. The van der Waals surface area contributed by atoms with Crippen molar-refractivity contribution in [2.24, 2.45) is 12.8 Å². The fourth-order valence-corrected chi connectivity index (χ4v) is 1.30. The minimum Gasteiger partial charge on any atom is -0.334 e. The van der Waals surface area contributed by atoms with Crippen LogP contribution < -0.4 is 5.73 Å². The zero-order valence-electron chi connectivity index (χ0n) is 8.77. The van der Waals surface area contributed by atoms with E-state index in [1.165, 1.54) is 0 Å². The molecule has 2 aromatic heterocycles. The molecule has 6 nitrogen and oxygen atoms in total. The summed E-state index contributed by atoms with van der Waals surface area (Å²) in [6, 6.07) is 0. The number of nitrogens with two attached hydrogens (primary N) is 1. The third-order valence-corrected chi connectivity index (χ3v) is 2.30. The summed E-state index contributed by atoms with van der Waals surface area (Å²) in [5.41, 5.74) is 7.27. The average Bonchev–Trinajstić information content (AvgIpc) is 2.77. The van der Waals surface area contributed by atoms with Crippen LogP contribution in [0.15, 0.2) is 10.7 Å². The lowest BCUT2D eigenvalue weighted by Crippen LogP contribution is -2.03. The maximum atomic E-state index is 5.40. The molecule has 0 saturated heterocycles. The first kappa shape index (κ1) is 9.85. The summed E-state index contributed by atoms with van der Waals surface area (Å²) in [6.07, 6.45) is 2.35. The third kappa shape index (κ3) is 1.75. The largest absolute Gasteiger partial charge is 0.334 e. The van der Waals surface area contributed by atoms with E-state index >= 15 is 0 Å². The molecule has 2 rings (SSSR count). The minimum absolute atomic E-state index is 0.504. The number of nitrogens with zero attached hydrogens (tertiary/aromatic N) is 4. The molecule has 0 aliphatic heterocycles. The van der Waals surface area contributed by atoms with Crippen LogP contribution in [0.3, 0.4) is 0 Å². The van der Waals surface area contributed by atoms with Gasteiger partial charge in [0.2, 0.25) is 0 Å². The Labute approximate surface area is 87.1 Å². The molecule has 2 heterocycles. The van der Waals surface area contributed by atoms with Crippen molar-refractivity contribution < 1.29 is 4.52 Å². The van der Waals surface area contributed by atoms with Gasteiger partial charge in [0.25, 0.3) is 5.89 Å². The predicted octanol–water partition coefficient (Wildman–Crippen LogP) is 0.280. The fraction of sp³-hybridized carbons (Fsp3) is 0.444. The van der Waals surface area contributed by atoms with Gasteiger partial charge in [-0.3, -0.25) is 4.68 Å². The lowest BCUT2D eigenvalue weighted by molar-refractivity contribution is 0.422. The number of hydrogen-bond donors (Lipinski definition) is 1. The Morgan fingerprint density at radius 3 is 2.93 bits per heavy atom. The van der Waals surface area contributed by atoms with Crippen LogP contribution in [0.5, 0.6) is 0 Å². The van der Waals surface area contributed by atoms with E-state index in [0.29, 0.717) is 24.7 Å². The first-order valence-corrected chi connectivity index (χ1v) is 4.74. The zero-order valence-corrected chi connectivity index (χ0v) is 8.77. The van der Waals surface area contributed by atoms with E-state index in [4.69, 9.17) is 10.3 Å². The van der Waals surface area contributed by atoms with Gasteiger partial charge in [0.05, 0.1) is 11.8 Å². The summed E-state index contributed by atoms with van der Waals surface area (Å²) < 4.78 is 6.89. The molecule has 2 aromatic rings. The molecule has 6 heteroatoms. The molecule has 0 bridgehead atoms. The van der Waals surface area contributed by atoms with E-state index in [2.05, 4.69) is 15.2 Å². The molecule has 15 heavy (non-hydrogen) atoms. The van der Waals surface area contributed by atoms with E-state index in [0.717, 1.165) is 11.3 Å². The van der Waals surface area contributed by atoms with Crippen LogP contribution in [0.25, 0.3) is 11.5 Å². The van der Waals surface area contributed by atoms with Crippen molar-refractivity contribution in [2.75, 3.05) is 6.54 Å². The normalized spacial score (nSPS) is 10.9. The van der Waals surface area contributed by atoms with Gasteiger partial charge in [0, 0.05) is 19.2 Å². The Bertz CT molecular complexity index is 459. The van der Waals surface area contributed by atoms with E-state index < -0.39 is 0 Å². The van der Waals surface area contributed by atoms with Crippen LogP contribution in [-0.4, -0.2) is 26.5 Å². The van der Waals surface area contributed by atoms with Crippen molar-refractivity contribution in [1.29, 1.82) is 0 Å². The summed E-state index contributed by atoms with van der Waals surface area (Å²) in [7, 11) is 1.87. The zero-order chi connectivity index (χ0) is 10.8. The number of hydrogen-bond acceptors (Lipinski definition) is 5. The van der Waals surface area contributed by atoms with Crippen LogP contribution in [0.4, 0.5) is 0 Å². The van der Waals surface area contributed by atoms with Gasteiger partial charge in [-0.05, 0) is 13.5 Å². The second-order valence-corrected chi connectivity index (χ2v) is 3.32. The standard InChI is InChI=1S/C9H13N5O/c1-6-7(5-11-14(6)2)9-12-8(3-4-10)13-15-9/h5H,3-4,10H2,1-2H3. The molecule has 0 fully saturated rings. The Morgan fingerprint density at radius 1 is 1.53 bits per heavy atom. The van der Waals surface area contributed by atoms with Crippen molar-refractivity contribution in [1.82, 2.24) is 19.9 Å². The molecular formula is C9H13N5O. The molecule has 0 aliphatic rings. The highest BCUT2D eigenvalue weighted by molar-refractivity contribution is 5.54. The molecule has 0 radical (unpaired) electrons. The molecule has 80 valence electrons. The topological polar surface area (TPSA) is 82.8 Å². The first-order valence-electron chi connectivity index (χ1n) is 4.74. The number of rotatable bonds is 3. The van der Waals surface area contributed by atoms with Crippen molar-refractivity contribution in [3.05, 3.63) is 17.7 Å². The number of aromatic nitrogens is 4. The maximum absolute atomic E-state index is 5.40. The first-order chi connectivity index (χ1) is 7.22. The summed E-state index contributed by atoms with van der Waals surface area (Å²) in [5, 5.41) is 7.94. The maximum Gasteiger partial charge on any atom is 0.261 e. The predicted molar refractivity (Wildman–Crippen MR) is 54.0 cm³/mol. The van der Waals surface area contributed by atoms with Crippen molar-refractivity contribution in [3.63, 3.8) is 0 Å². The van der Waals surface area contributed by atoms with Crippen LogP contribution in [-0.2, 0) is 13.5 Å². The number of aryl methyl sites for hydroxylation is 1. The van der Waals surface area contributed by atoms with Gasteiger partial charge in [-0.15, -0.1) is 0 Å². The summed E-state index contributed by atoms with van der Waals surface area (Å²) in [6.45, 7) is 2.47. The Balaban J connectivity index is 2.33. The summed E-state index contributed by atoms with van der Waals surface area (Å²) >= 11 is 0. The Morgan fingerprint density at radius 2 is 2.33 bits per heavy atom. The van der Waals surface area contributed by atoms with Crippen molar-refractivity contribution in [3.8, 4) is 11.5 Å². The van der Waals surface area contributed by atoms with Gasteiger partial charge in [0.15, 0.2) is 5.82 Å². The third-order valence-electron chi connectivity index (χ3n) is 2.30. The minimum atomic E-state index is 0.504. The molecule has 2 N–H and O–H groups in total. The summed E-state index contributed by atoms with van der Waals surface area (Å²) in [5.74, 6) is 1.14. The fourth-order valence-electron chi connectivity index (χ4n) is 1.30. The smallest absolute Gasteiger partial charge is 0.261 e. The highest BCUT2D eigenvalue weighted by Crippen LogP contribution is 2.20. The Hall–Kier alpha value is -1.69. The van der Waals surface area contributed by atoms with Gasteiger partial charge in [-0.25, -0.2) is 0 Å². The SMILES string of the molecule is Cc1c(-c2nc(CCN)no2)cnn1C. The summed E-state index contributed by atoms with van der Waals surface area (Å²) in [4.78, 5) is 4.23. The molecule has 0 unspecified atom stereocenters. The van der Waals surface area contributed by atoms with E-state index in [-0.39, 0.29) is 0 Å². The van der Waals surface area contributed by atoms with E-state index in [1.54, 1.807) is 10.9 Å². The van der Waals surface area contributed by atoms with Crippen LogP contribution in [0, 0.1) is 6.92 Å². The molecule has 0 atom stereocenters. The lowest BCUT2D eigenvalue weighted by Gasteiger charge is -1.93. The van der Waals surface area contributed by atoms with Crippen LogP contribution >= 0.6 is 0 Å². The van der Waals surface area contributed by atoms with Gasteiger partial charge in [0.1, 0.15) is 0 Å². The van der Waals surface area contributed by atoms with Gasteiger partial charge in [-0.2, -0.15) is 10.1 Å². The highest BCUT2D eigenvalue weighted by atomic mass is 16.5. The highest BCUT2D eigenvalue weighted by Gasteiger charge is 2.13. The van der Waals surface area contributed by atoms with Gasteiger partial charge in [-0.1, -0.05) is 5.16 Å². The second-order valence-electron chi connectivity index (χ2n) is 3.32. The van der Waals surface area contributed by atoms with Crippen LogP contribution in [0.2, 0.25) is 0 Å². The molecule has 0 aliphatic carbocycles. The molecular weight excluding hydrogens is 194 g/mol. The van der Waals surface area contributed by atoms with E-state index in [9.17, 15) is 0 Å². The lowest BCUT2D eigenvalue weighted by atomic mass is 10.2. The van der Waals surface area contributed by atoms with Gasteiger partial charge >= 0.3 is 0 Å². The molecule has 0 spiro atoms. The van der Waals surface area contributed by atoms with E-state index in [1.807, 2.05) is 14.0 Å².